The van der Waals surface area contributed by atoms with Gasteiger partial charge in [0.1, 0.15) is 16.9 Å². The number of nitro benzene ring substituents is 1. The lowest BCUT2D eigenvalue weighted by Crippen LogP contribution is -2.27. The Bertz CT molecular complexity index is 1510. The first-order valence-corrected chi connectivity index (χ1v) is 10.4. The van der Waals surface area contributed by atoms with Crippen LogP contribution in [0.15, 0.2) is 94.2 Å². The maximum absolute atomic E-state index is 12.5. The first-order chi connectivity index (χ1) is 16.9. The first-order valence-electron chi connectivity index (χ1n) is 10.4. The summed E-state index contributed by atoms with van der Waals surface area (Å²) in [5.74, 6) is -1.17. The molecule has 1 heterocycles. The molecule has 0 spiro atoms. The van der Waals surface area contributed by atoms with Crippen LogP contribution in [0.5, 0.6) is 5.75 Å². The highest BCUT2D eigenvalue weighted by molar-refractivity contribution is 5.97. The van der Waals surface area contributed by atoms with Crippen molar-refractivity contribution >= 4 is 34.6 Å². The Morgan fingerprint density at radius 1 is 1.00 bits per heavy atom. The van der Waals surface area contributed by atoms with Gasteiger partial charge in [0.05, 0.1) is 4.92 Å². The summed E-state index contributed by atoms with van der Waals surface area (Å²) in [4.78, 5) is 47.3. The maximum Gasteiger partial charge on any atom is 0.349 e. The predicted octanol–water partition coefficient (Wildman–Crippen LogP) is 4.25. The monoisotopic (exact) mass is 470 g/mol. The molecule has 174 valence electrons. The molecule has 9 heteroatoms. The van der Waals surface area contributed by atoms with Crippen molar-refractivity contribution in [1.29, 1.82) is 0 Å². The molecule has 1 aromatic heterocycles. The molecule has 0 bridgehead atoms. The maximum atomic E-state index is 12.5. The normalized spacial score (nSPS) is 10.9. The summed E-state index contributed by atoms with van der Waals surface area (Å²) >= 11 is 0. The Morgan fingerprint density at radius 2 is 1.80 bits per heavy atom. The Balaban J connectivity index is 1.45. The van der Waals surface area contributed by atoms with Crippen LogP contribution in [-0.4, -0.2) is 16.8 Å². The minimum Gasteiger partial charge on any atom is -0.423 e. The predicted molar refractivity (Wildman–Crippen MR) is 128 cm³/mol. The van der Waals surface area contributed by atoms with Gasteiger partial charge in [0.2, 0.25) is 0 Å². The number of esters is 1. The lowest BCUT2D eigenvalue weighted by Gasteiger charge is -2.06. The van der Waals surface area contributed by atoms with Crippen LogP contribution >= 0.6 is 0 Å². The standard InChI is InChI=1S/C26H18N2O7/c29-24(12-9-17-7-4-8-20(13-17)28(32)33)34-21-11-10-19-14-22(26(31)35-23(19)15-21)25(30)27-16-18-5-2-1-3-6-18/h1-15H,16H2,(H,27,30)/b12-9+. The zero-order valence-corrected chi connectivity index (χ0v) is 18.2. The number of ether oxygens (including phenoxy) is 1. The Labute approximate surface area is 198 Å². The van der Waals surface area contributed by atoms with Gasteiger partial charge in [-0.05, 0) is 35.4 Å². The van der Waals surface area contributed by atoms with E-state index in [4.69, 9.17) is 9.15 Å². The zero-order chi connectivity index (χ0) is 24.8. The van der Waals surface area contributed by atoms with Gasteiger partial charge in [0, 0.05) is 36.2 Å². The van der Waals surface area contributed by atoms with Gasteiger partial charge in [-0.15, -0.1) is 0 Å². The van der Waals surface area contributed by atoms with E-state index in [0.29, 0.717) is 10.9 Å². The molecule has 9 nitrogen and oxygen atoms in total. The Kier molecular flexibility index (Phi) is 6.78. The fourth-order valence-corrected chi connectivity index (χ4v) is 3.24. The quantitative estimate of drug-likeness (QED) is 0.107. The van der Waals surface area contributed by atoms with E-state index < -0.39 is 22.4 Å². The number of fused-ring (bicyclic) bond motifs is 1. The lowest BCUT2D eigenvalue weighted by atomic mass is 10.1. The molecule has 0 fully saturated rings. The summed E-state index contributed by atoms with van der Waals surface area (Å²) in [7, 11) is 0. The van der Waals surface area contributed by atoms with Crippen molar-refractivity contribution in [2.75, 3.05) is 0 Å². The Hall–Kier alpha value is -5.05. The van der Waals surface area contributed by atoms with E-state index >= 15 is 0 Å². The smallest absolute Gasteiger partial charge is 0.349 e. The molecule has 0 saturated heterocycles. The van der Waals surface area contributed by atoms with Crippen LogP contribution < -0.4 is 15.7 Å². The highest BCUT2D eigenvalue weighted by Gasteiger charge is 2.14. The summed E-state index contributed by atoms with van der Waals surface area (Å²) in [6.45, 7) is 0.260. The van der Waals surface area contributed by atoms with Crippen molar-refractivity contribution in [3.63, 3.8) is 0 Å². The van der Waals surface area contributed by atoms with E-state index in [1.807, 2.05) is 30.3 Å². The van der Waals surface area contributed by atoms with Gasteiger partial charge in [0.15, 0.2) is 0 Å². The molecule has 4 rings (SSSR count). The number of nitrogens with one attached hydrogen (secondary N) is 1. The number of hydrogen-bond donors (Lipinski definition) is 1. The molecule has 0 aliphatic heterocycles. The number of carbonyl (C=O) groups excluding carboxylic acids is 2. The van der Waals surface area contributed by atoms with Gasteiger partial charge in [-0.1, -0.05) is 42.5 Å². The second-order valence-electron chi connectivity index (χ2n) is 7.42. The van der Waals surface area contributed by atoms with E-state index in [1.165, 1.54) is 42.5 Å². The van der Waals surface area contributed by atoms with E-state index in [9.17, 15) is 24.5 Å². The number of carbonyl (C=O) groups is 2. The van der Waals surface area contributed by atoms with Crippen molar-refractivity contribution in [2.45, 2.75) is 6.54 Å². The zero-order valence-electron chi connectivity index (χ0n) is 18.2. The van der Waals surface area contributed by atoms with Crippen LogP contribution in [0.25, 0.3) is 17.0 Å². The minimum absolute atomic E-state index is 0.0989. The van der Waals surface area contributed by atoms with Crippen LogP contribution in [0, 0.1) is 10.1 Å². The largest absolute Gasteiger partial charge is 0.423 e. The SMILES string of the molecule is O=C(/C=C/c1cccc([N+](=O)[O-])c1)Oc1ccc2cc(C(=O)NCc3ccccc3)c(=O)oc2c1. The lowest BCUT2D eigenvalue weighted by molar-refractivity contribution is -0.384. The third kappa shape index (κ3) is 5.85. The van der Waals surface area contributed by atoms with Crippen LogP contribution in [-0.2, 0) is 11.3 Å². The van der Waals surface area contributed by atoms with Crippen molar-refractivity contribution in [3.05, 3.63) is 122 Å². The van der Waals surface area contributed by atoms with Crippen molar-refractivity contribution in [2.24, 2.45) is 0 Å². The summed E-state index contributed by atoms with van der Waals surface area (Å²) < 4.78 is 10.5. The average molecular weight is 470 g/mol. The number of rotatable bonds is 7. The molecule has 35 heavy (non-hydrogen) atoms. The number of non-ortho nitro benzene ring substituents is 1. The van der Waals surface area contributed by atoms with E-state index in [0.717, 1.165) is 11.6 Å². The second-order valence-corrected chi connectivity index (χ2v) is 7.42. The average Bonchev–Trinajstić information content (AvgIpc) is 2.86. The topological polar surface area (TPSA) is 129 Å². The molecule has 4 aromatic rings. The summed E-state index contributed by atoms with van der Waals surface area (Å²) in [5, 5.41) is 14.0. The van der Waals surface area contributed by atoms with Crippen molar-refractivity contribution in [3.8, 4) is 5.75 Å². The molecule has 1 amide bonds. The Morgan fingerprint density at radius 3 is 2.57 bits per heavy atom. The number of hydrogen-bond acceptors (Lipinski definition) is 7. The molecule has 0 aliphatic rings. The van der Waals surface area contributed by atoms with E-state index in [-0.39, 0.29) is 29.1 Å². The molecule has 0 atom stereocenters. The van der Waals surface area contributed by atoms with Crippen LogP contribution in [0.1, 0.15) is 21.5 Å². The number of nitro groups is 1. The summed E-state index contributed by atoms with van der Waals surface area (Å²) in [6.07, 6.45) is 2.51. The third-order valence-corrected chi connectivity index (χ3v) is 4.96. The first kappa shape index (κ1) is 23.1. The van der Waals surface area contributed by atoms with Gasteiger partial charge in [-0.3, -0.25) is 14.9 Å². The van der Waals surface area contributed by atoms with Crippen LogP contribution in [0.2, 0.25) is 0 Å². The van der Waals surface area contributed by atoms with Gasteiger partial charge in [-0.2, -0.15) is 0 Å². The van der Waals surface area contributed by atoms with Crippen LogP contribution in [0.4, 0.5) is 5.69 Å². The number of amides is 1. The molecule has 0 aliphatic carbocycles. The van der Waals surface area contributed by atoms with E-state index in [2.05, 4.69) is 5.32 Å². The van der Waals surface area contributed by atoms with E-state index in [1.54, 1.807) is 12.1 Å². The summed E-state index contributed by atoms with van der Waals surface area (Å²) in [6, 6.07) is 20.9. The molecule has 1 N–H and O–H groups in total. The molecular weight excluding hydrogens is 452 g/mol. The van der Waals surface area contributed by atoms with Gasteiger partial charge < -0.3 is 14.5 Å². The van der Waals surface area contributed by atoms with Crippen molar-refractivity contribution < 1.29 is 23.7 Å². The van der Waals surface area contributed by atoms with Gasteiger partial charge in [-0.25, -0.2) is 9.59 Å². The fourth-order valence-electron chi connectivity index (χ4n) is 3.24. The molecule has 0 saturated carbocycles. The van der Waals surface area contributed by atoms with Crippen LogP contribution in [0.3, 0.4) is 0 Å². The number of nitrogens with zero attached hydrogens (tertiary/aromatic N) is 1. The minimum atomic E-state index is -0.822. The van der Waals surface area contributed by atoms with Crippen molar-refractivity contribution in [1.82, 2.24) is 5.32 Å². The summed E-state index contributed by atoms with van der Waals surface area (Å²) in [5.41, 5.74) is 0.423. The molecule has 0 radical (unpaired) electrons. The molecule has 3 aromatic carbocycles. The highest BCUT2D eigenvalue weighted by Crippen LogP contribution is 2.21. The molecular formula is C26H18N2O7. The fraction of sp³-hybridized carbons (Fsp3) is 0.0385. The van der Waals surface area contributed by atoms with Gasteiger partial charge >= 0.3 is 11.6 Å². The molecule has 0 unspecified atom stereocenters. The highest BCUT2D eigenvalue weighted by atomic mass is 16.6. The van der Waals surface area contributed by atoms with Gasteiger partial charge in [0.25, 0.3) is 11.6 Å². The number of benzene rings is 3. The second kappa shape index (κ2) is 10.3. The third-order valence-electron chi connectivity index (χ3n) is 4.96.